The molecule has 3 atom stereocenters. The number of fused-ring (bicyclic) bond motifs is 2. The van der Waals surface area contributed by atoms with Crippen LogP contribution in [0.15, 0.2) is 24.3 Å². The van der Waals surface area contributed by atoms with Crippen molar-refractivity contribution in [3.05, 3.63) is 35.4 Å². The smallest absolute Gasteiger partial charge is 0.254 e. The highest BCUT2D eigenvalue weighted by molar-refractivity contribution is 5.96. The molecule has 3 rings (SSSR count). The van der Waals surface area contributed by atoms with Crippen molar-refractivity contribution in [2.24, 2.45) is 11.8 Å². The number of carbonyl (C=O) groups is 1. The second-order valence-electron chi connectivity index (χ2n) is 7.77. The summed E-state index contributed by atoms with van der Waals surface area (Å²) in [4.78, 5) is 15.2. The molecule has 0 N–H and O–H groups in total. The lowest BCUT2D eigenvalue weighted by atomic mass is 9.81. The highest BCUT2D eigenvalue weighted by atomic mass is 16.2. The number of hydrogen-bond donors (Lipinski definition) is 0. The summed E-state index contributed by atoms with van der Waals surface area (Å²) in [6, 6.07) is 8.84. The summed E-state index contributed by atoms with van der Waals surface area (Å²) in [5, 5.41) is 0. The van der Waals surface area contributed by atoms with E-state index in [1.165, 1.54) is 31.2 Å². The molecule has 0 heterocycles. The van der Waals surface area contributed by atoms with Crippen molar-refractivity contribution in [2.75, 3.05) is 0 Å². The van der Waals surface area contributed by atoms with Crippen LogP contribution in [-0.2, 0) is 0 Å². The van der Waals surface area contributed by atoms with E-state index in [2.05, 4.69) is 39.8 Å². The molecule has 0 radical (unpaired) electrons. The van der Waals surface area contributed by atoms with Gasteiger partial charge >= 0.3 is 0 Å². The molecule has 2 aliphatic carbocycles. The molecule has 0 spiro atoms. The van der Waals surface area contributed by atoms with Gasteiger partial charge in [0.2, 0.25) is 0 Å². The van der Waals surface area contributed by atoms with E-state index in [-0.39, 0.29) is 18.0 Å². The van der Waals surface area contributed by atoms with E-state index < -0.39 is 0 Å². The Bertz CT molecular complexity index is 540. The van der Waals surface area contributed by atoms with Gasteiger partial charge in [0.05, 0.1) is 0 Å². The van der Waals surface area contributed by atoms with Crippen LogP contribution in [0.25, 0.3) is 0 Å². The fourth-order valence-electron chi connectivity index (χ4n) is 4.85. The summed E-state index contributed by atoms with van der Waals surface area (Å²) in [5.74, 6) is 2.54. The molecule has 0 saturated heterocycles. The SMILES string of the molecule is CC(C)N(C(=O)c1ccccc1C1CC2CCC1C2)C(C)C. The molecule has 1 aromatic rings. The Labute approximate surface area is 134 Å². The van der Waals surface area contributed by atoms with Gasteiger partial charge in [-0.15, -0.1) is 0 Å². The van der Waals surface area contributed by atoms with Crippen LogP contribution in [0, 0.1) is 11.8 Å². The van der Waals surface area contributed by atoms with Crippen LogP contribution >= 0.6 is 0 Å². The van der Waals surface area contributed by atoms with Gasteiger partial charge in [-0.2, -0.15) is 0 Å². The Balaban J connectivity index is 1.93. The molecule has 2 bridgehead atoms. The summed E-state index contributed by atoms with van der Waals surface area (Å²) in [5.41, 5.74) is 2.26. The van der Waals surface area contributed by atoms with Crippen LogP contribution in [0.5, 0.6) is 0 Å². The zero-order chi connectivity index (χ0) is 15.9. The van der Waals surface area contributed by atoms with Gasteiger partial charge in [-0.25, -0.2) is 0 Å². The van der Waals surface area contributed by atoms with Crippen molar-refractivity contribution < 1.29 is 4.79 Å². The largest absolute Gasteiger partial charge is 0.334 e. The lowest BCUT2D eigenvalue weighted by molar-refractivity contribution is 0.0641. The maximum Gasteiger partial charge on any atom is 0.254 e. The van der Waals surface area contributed by atoms with Gasteiger partial charge in [-0.3, -0.25) is 4.79 Å². The predicted octanol–water partition coefficient (Wildman–Crippen LogP) is 4.85. The first-order valence-corrected chi connectivity index (χ1v) is 8.90. The highest BCUT2D eigenvalue weighted by Gasteiger charge is 2.41. The Hall–Kier alpha value is -1.31. The molecular weight excluding hydrogens is 270 g/mol. The molecule has 120 valence electrons. The first-order valence-electron chi connectivity index (χ1n) is 8.90. The molecule has 1 amide bonds. The van der Waals surface area contributed by atoms with E-state index in [9.17, 15) is 4.79 Å². The fraction of sp³-hybridized carbons (Fsp3) is 0.650. The number of rotatable bonds is 4. The Kier molecular flexibility index (Phi) is 4.29. The van der Waals surface area contributed by atoms with Crippen LogP contribution in [-0.4, -0.2) is 22.9 Å². The zero-order valence-corrected chi connectivity index (χ0v) is 14.4. The van der Waals surface area contributed by atoms with Gasteiger partial charge in [0.25, 0.3) is 5.91 Å². The lowest BCUT2D eigenvalue weighted by Gasteiger charge is -2.33. The van der Waals surface area contributed by atoms with Gasteiger partial charge < -0.3 is 4.90 Å². The highest BCUT2D eigenvalue weighted by Crippen LogP contribution is 2.53. The van der Waals surface area contributed by atoms with Crippen LogP contribution < -0.4 is 0 Å². The summed E-state index contributed by atoms with van der Waals surface area (Å²) in [7, 11) is 0. The minimum atomic E-state index is 0.211. The van der Waals surface area contributed by atoms with Crippen molar-refractivity contribution in [1.82, 2.24) is 4.90 Å². The molecule has 2 nitrogen and oxygen atoms in total. The molecule has 22 heavy (non-hydrogen) atoms. The molecule has 1 aromatic carbocycles. The molecule has 2 aliphatic rings. The Morgan fingerprint density at radius 2 is 1.73 bits per heavy atom. The molecule has 0 aromatic heterocycles. The number of benzene rings is 1. The number of nitrogens with zero attached hydrogens (tertiary/aromatic N) is 1. The van der Waals surface area contributed by atoms with E-state index in [0.29, 0.717) is 5.92 Å². The van der Waals surface area contributed by atoms with Crippen LogP contribution in [0.2, 0.25) is 0 Å². The molecule has 2 heteroatoms. The minimum absolute atomic E-state index is 0.211. The van der Waals surface area contributed by atoms with Crippen LogP contribution in [0.4, 0.5) is 0 Å². The first kappa shape index (κ1) is 15.6. The summed E-state index contributed by atoms with van der Waals surface area (Å²) in [6.45, 7) is 8.44. The number of amides is 1. The third kappa shape index (κ3) is 2.68. The van der Waals surface area contributed by atoms with Crippen molar-refractivity contribution >= 4 is 5.91 Å². The van der Waals surface area contributed by atoms with Gasteiger partial charge in [-0.05, 0) is 76.3 Å². The van der Waals surface area contributed by atoms with Crippen molar-refractivity contribution in [2.45, 2.75) is 71.4 Å². The van der Waals surface area contributed by atoms with Gasteiger partial charge in [0.15, 0.2) is 0 Å². The zero-order valence-electron chi connectivity index (χ0n) is 14.4. The minimum Gasteiger partial charge on any atom is -0.334 e. The second kappa shape index (κ2) is 6.06. The van der Waals surface area contributed by atoms with Crippen LogP contribution in [0.1, 0.15) is 75.2 Å². The van der Waals surface area contributed by atoms with E-state index in [1.54, 1.807) is 0 Å². The predicted molar refractivity (Wildman–Crippen MR) is 91.1 cm³/mol. The quantitative estimate of drug-likeness (QED) is 0.778. The number of carbonyl (C=O) groups excluding carboxylic acids is 1. The van der Waals surface area contributed by atoms with E-state index in [4.69, 9.17) is 0 Å². The first-order chi connectivity index (χ1) is 10.5. The Morgan fingerprint density at radius 1 is 1.05 bits per heavy atom. The van der Waals surface area contributed by atoms with E-state index in [0.717, 1.165) is 17.4 Å². The molecule has 2 fully saturated rings. The molecular formula is C20H29NO. The summed E-state index contributed by atoms with van der Waals surface area (Å²) < 4.78 is 0. The maximum absolute atomic E-state index is 13.1. The van der Waals surface area contributed by atoms with Crippen molar-refractivity contribution in [1.29, 1.82) is 0 Å². The number of hydrogen-bond acceptors (Lipinski definition) is 1. The van der Waals surface area contributed by atoms with Crippen LogP contribution in [0.3, 0.4) is 0 Å². The average molecular weight is 299 g/mol. The molecule has 2 saturated carbocycles. The topological polar surface area (TPSA) is 20.3 Å². The normalized spacial score (nSPS) is 26.9. The van der Waals surface area contributed by atoms with Gasteiger partial charge in [-0.1, -0.05) is 24.6 Å². The summed E-state index contributed by atoms with van der Waals surface area (Å²) in [6.07, 6.45) is 5.43. The van der Waals surface area contributed by atoms with Crippen molar-refractivity contribution in [3.8, 4) is 0 Å². The third-order valence-corrected chi connectivity index (χ3v) is 5.68. The standard InChI is InChI=1S/C20H29NO/c1-13(2)21(14(3)4)20(22)18-8-6-5-7-17(18)19-12-15-9-10-16(19)11-15/h5-8,13-16,19H,9-12H2,1-4H3. The monoisotopic (exact) mass is 299 g/mol. The van der Waals surface area contributed by atoms with E-state index in [1.807, 2.05) is 17.0 Å². The van der Waals surface area contributed by atoms with Gasteiger partial charge in [0.1, 0.15) is 0 Å². The third-order valence-electron chi connectivity index (χ3n) is 5.68. The molecule has 3 unspecified atom stereocenters. The van der Waals surface area contributed by atoms with Crippen molar-refractivity contribution in [3.63, 3.8) is 0 Å². The van der Waals surface area contributed by atoms with Gasteiger partial charge in [0, 0.05) is 17.6 Å². The average Bonchev–Trinajstić information content (AvgIpc) is 3.09. The molecule has 0 aliphatic heterocycles. The summed E-state index contributed by atoms with van der Waals surface area (Å²) >= 11 is 0. The maximum atomic E-state index is 13.1. The van der Waals surface area contributed by atoms with E-state index >= 15 is 0 Å². The fourth-order valence-corrected chi connectivity index (χ4v) is 4.85. The second-order valence-corrected chi connectivity index (χ2v) is 7.77. The lowest BCUT2D eigenvalue weighted by Crippen LogP contribution is -2.42. The Morgan fingerprint density at radius 3 is 2.27 bits per heavy atom.